The molecule has 0 spiro atoms. The highest BCUT2D eigenvalue weighted by molar-refractivity contribution is 5.96. The molecule has 2 heterocycles. The Bertz CT molecular complexity index is 784. The second-order valence-electron chi connectivity index (χ2n) is 5.61. The zero-order chi connectivity index (χ0) is 18.2. The number of fused-ring (bicyclic) bond motifs is 1. The molecule has 6 nitrogen and oxygen atoms in total. The van der Waals surface area contributed by atoms with Crippen molar-refractivity contribution in [2.75, 3.05) is 18.6 Å². The largest absolute Gasteiger partial charge is 0.573 e. The van der Waals surface area contributed by atoms with Crippen molar-refractivity contribution in [1.29, 1.82) is 0 Å². The summed E-state index contributed by atoms with van der Waals surface area (Å²) in [5.74, 6) is -0.0617. The molecule has 0 saturated carbocycles. The number of aromatic nitrogens is 2. The van der Waals surface area contributed by atoms with E-state index in [0.29, 0.717) is 36.7 Å². The quantitative estimate of drug-likeness (QED) is 0.790. The number of esters is 1. The Balaban J connectivity index is 1.79. The van der Waals surface area contributed by atoms with E-state index in [0.717, 1.165) is 5.56 Å². The summed E-state index contributed by atoms with van der Waals surface area (Å²) in [6, 6.07) is 5.65. The van der Waals surface area contributed by atoms with Crippen molar-refractivity contribution in [3.8, 4) is 5.75 Å². The van der Waals surface area contributed by atoms with Crippen LogP contribution in [0.25, 0.3) is 0 Å². The monoisotopic (exact) mass is 355 g/mol. The van der Waals surface area contributed by atoms with Crippen LogP contribution in [0.2, 0.25) is 0 Å². The van der Waals surface area contributed by atoms with Gasteiger partial charge in [0.1, 0.15) is 17.1 Å². The number of ether oxygens (including phenoxy) is 2. The van der Waals surface area contributed by atoms with E-state index in [1.54, 1.807) is 23.7 Å². The van der Waals surface area contributed by atoms with Gasteiger partial charge in [0.05, 0.1) is 19.3 Å². The topological polar surface area (TPSA) is 56.6 Å². The minimum absolute atomic E-state index is 0.270. The summed E-state index contributed by atoms with van der Waals surface area (Å²) in [5, 5.41) is 4.34. The molecule has 2 aromatic rings. The van der Waals surface area contributed by atoms with Crippen LogP contribution in [-0.4, -0.2) is 35.8 Å². The van der Waals surface area contributed by atoms with E-state index in [-0.39, 0.29) is 5.75 Å². The number of hydrogen-bond donors (Lipinski definition) is 0. The van der Waals surface area contributed by atoms with Crippen LogP contribution in [0.3, 0.4) is 0 Å². The van der Waals surface area contributed by atoms with Crippen LogP contribution in [0.15, 0.2) is 24.3 Å². The van der Waals surface area contributed by atoms with Crippen molar-refractivity contribution in [1.82, 2.24) is 9.78 Å². The molecule has 1 aromatic heterocycles. The van der Waals surface area contributed by atoms with Crippen LogP contribution >= 0.6 is 0 Å². The van der Waals surface area contributed by atoms with Gasteiger partial charge in [-0.3, -0.25) is 0 Å². The summed E-state index contributed by atoms with van der Waals surface area (Å²) in [5.41, 5.74) is 1.79. The Morgan fingerprint density at radius 1 is 1.24 bits per heavy atom. The standard InChI is InChI=1S/C16H16F3N3O3/c1-10-13(15(23)24-2)14-21(7-8-22(14)20-10)9-11-3-5-12(6-4-11)25-16(17,18)19/h3-6H,7-9H2,1-2H3. The molecular weight excluding hydrogens is 339 g/mol. The number of alkyl halides is 3. The fourth-order valence-corrected chi connectivity index (χ4v) is 2.88. The van der Waals surface area contributed by atoms with Crippen molar-refractivity contribution in [2.45, 2.75) is 26.4 Å². The first-order valence-corrected chi connectivity index (χ1v) is 7.54. The van der Waals surface area contributed by atoms with Crippen LogP contribution in [0.4, 0.5) is 19.0 Å². The second kappa shape index (κ2) is 6.30. The summed E-state index contributed by atoms with van der Waals surface area (Å²) in [6.07, 6.45) is -4.71. The predicted octanol–water partition coefficient (Wildman–Crippen LogP) is 2.90. The van der Waals surface area contributed by atoms with Gasteiger partial charge in [0.15, 0.2) is 0 Å². The third kappa shape index (κ3) is 3.54. The molecule has 0 atom stereocenters. The summed E-state index contributed by atoms with van der Waals surface area (Å²) < 4.78 is 47.0. The van der Waals surface area contributed by atoms with Crippen molar-refractivity contribution in [2.24, 2.45) is 0 Å². The molecule has 0 radical (unpaired) electrons. The number of rotatable bonds is 4. The van der Waals surface area contributed by atoms with E-state index in [1.165, 1.54) is 19.2 Å². The maximum Gasteiger partial charge on any atom is 0.573 e. The molecule has 0 fully saturated rings. The highest BCUT2D eigenvalue weighted by Gasteiger charge is 2.32. The molecule has 1 aliphatic rings. The number of carbonyl (C=O) groups excluding carboxylic acids is 1. The molecule has 0 saturated heterocycles. The molecule has 25 heavy (non-hydrogen) atoms. The highest BCUT2D eigenvalue weighted by Crippen LogP contribution is 2.31. The molecule has 0 N–H and O–H groups in total. The predicted molar refractivity (Wildman–Crippen MR) is 82.5 cm³/mol. The van der Waals surface area contributed by atoms with Crippen molar-refractivity contribution in [3.05, 3.63) is 41.1 Å². The second-order valence-corrected chi connectivity index (χ2v) is 5.61. The van der Waals surface area contributed by atoms with E-state index in [4.69, 9.17) is 4.74 Å². The first kappa shape index (κ1) is 17.1. The lowest BCUT2D eigenvalue weighted by Gasteiger charge is -2.19. The van der Waals surface area contributed by atoms with Gasteiger partial charge in [-0.25, -0.2) is 9.48 Å². The Labute approximate surface area is 141 Å². The van der Waals surface area contributed by atoms with Gasteiger partial charge in [-0.2, -0.15) is 5.10 Å². The number of nitrogens with zero attached hydrogens (tertiary/aromatic N) is 3. The molecule has 1 aliphatic heterocycles. The summed E-state index contributed by atoms with van der Waals surface area (Å²) in [6.45, 7) is 3.44. The number of methoxy groups -OCH3 is 1. The van der Waals surface area contributed by atoms with Gasteiger partial charge in [-0.15, -0.1) is 13.2 Å². The summed E-state index contributed by atoms with van der Waals surface area (Å²) in [7, 11) is 1.31. The molecule has 3 rings (SSSR count). The summed E-state index contributed by atoms with van der Waals surface area (Å²) in [4.78, 5) is 14.0. The number of benzene rings is 1. The summed E-state index contributed by atoms with van der Waals surface area (Å²) >= 11 is 0. The Morgan fingerprint density at radius 3 is 2.52 bits per heavy atom. The van der Waals surface area contributed by atoms with Crippen LogP contribution in [-0.2, 0) is 17.8 Å². The lowest BCUT2D eigenvalue weighted by molar-refractivity contribution is -0.274. The molecule has 0 bridgehead atoms. The lowest BCUT2D eigenvalue weighted by atomic mass is 10.2. The lowest BCUT2D eigenvalue weighted by Crippen LogP contribution is -2.22. The van der Waals surface area contributed by atoms with Gasteiger partial charge in [0, 0.05) is 13.1 Å². The number of anilines is 1. The van der Waals surface area contributed by atoms with Gasteiger partial charge in [0.2, 0.25) is 0 Å². The Kier molecular flexibility index (Phi) is 4.32. The van der Waals surface area contributed by atoms with E-state index in [2.05, 4.69) is 9.84 Å². The van der Waals surface area contributed by atoms with E-state index >= 15 is 0 Å². The van der Waals surface area contributed by atoms with Crippen molar-refractivity contribution >= 4 is 11.8 Å². The minimum Gasteiger partial charge on any atom is -0.465 e. The van der Waals surface area contributed by atoms with E-state index in [9.17, 15) is 18.0 Å². The van der Waals surface area contributed by atoms with Crippen LogP contribution in [0.1, 0.15) is 21.6 Å². The average Bonchev–Trinajstić information content (AvgIpc) is 3.06. The third-order valence-electron chi connectivity index (χ3n) is 3.90. The fourth-order valence-electron chi connectivity index (χ4n) is 2.88. The van der Waals surface area contributed by atoms with Gasteiger partial charge < -0.3 is 14.4 Å². The smallest absolute Gasteiger partial charge is 0.465 e. The highest BCUT2D eigenvalue weighted by atomic mass is 19.4. The Morgan fingerprint density at radius 2 is 1.92 bits per heavy atom. The SMILES string of the molecule is COC(=O)c1c(C)nn2c1N(Cc1ccc(OC(F)(F)F)cc1)CC2. The Hall–Kier alpha value is -2.71. The van der Waals surface area contributed by atoms with Crippen molar-refractivity contribution in [3.63, 3.8) is 0 Å². The fraction of sp³-hybridized carbons (Fsp3) is 0.375. The van der Waals surface area contributed by atoms with Gasteiger partial charge in [0.25, 0.3) is 0 Å². The molecule has 134 valence electrons. The normalized spacial score (nSPS) is 13.7. The van der Waals surface area contributed by atoms with Gasteiger partial charge >= 0.3 is 12.3 Å². The maximum atomic E-state index is 12.2. The zero-order valence-corrected chi connectivity index (χ0v) is 13.6. The molecular formula is C16H16F3N3O3. The number of halogens is 3. The van der Waals surface area contributed by atoms with Crippen molar-refractivity contribution < 1.29 is 27.4 Å². The first-order valence-electron chi connectivity index (χ1n) is 7.54. The van der Waals surface area contributed by atoms with Crippen LogP contribution in [0, 0.1) is 6.92 Å². The molecule has 0 unspecified atom stereocenters. The third-order valence-corrected chi connectivity index (χ3v) is 3.90. The van der Waals surface area contributed by atoms with Crippen LogP contribution < -0.4 is 9.64 Å². The first-order chi connectivity index (χ1) is 11.8. The number of aryl methyl sites for hydroxylation is 1. The maximum absolute atomic E-state index is 12.2. The van der Waals surface area contributed by atoms with Gasteiger partial charge in [-0.05, 0) is 24.6 Å². The van der Waals surface area contributed by atoms with Gasteiger partial charge in [-0.1, -0.05) is 12.1 Å². The minimum atomic E-state index is -4.71. The zero-order valence-electron chi connectivity index (χ0n) is 13.6. The average molecular weight is 355 g/mol. The number of carbonyl (C=O) groups is 1. The molecule has 0 amide bonds. The molecule has 0 aliphatic carbocycles. The van der Waals surface area contributed by atoms with Crippen LogP contribution in [0.5, 0.6) is 5.75 Å². The van der Waals surface area contributed by atoms with E-state index < -0.39 is 12.3 Å². The molecule has 1 aromatic carbocycles. The van der Waals surface area contributed by atoms with E-state index in [1.807, 2.05) is 4.90 Å². The number of hydrogen-bond acceptors (Lipinski definition) is 5. The molecule has 9 heteroatoms.